The fourth-order valence-corrected chi connectivity index (χ4v) is 2.17. The van der Waals surface area contributed by atoms with Crippen molar-refractivity contribution in [3.05, 3.63) is 42.2 Å². The largest absolute Gasteiger partial charge is 0.382 e. The Hall–Kier alpha value is -3.01. The number of anilines is 2. The fourth-order valence-electron chi connectivity index (χ4n) is 2.17. The van der Waals surface area contributed by atoms with Crippen molar-refractivity contribution in [2.24, 2.45) is 0 Å². The SMILES string of the molecule is CCOCCCN(CC(=O)Nc1ccon1)C(=O)Nc1ccc(F)cc1F. The molecule has 0 bridgehead atoms. The summed E-state index contributed by atoms with van der Waals surface area (Å²) in [6.45, 7) is 2.66. The van der Waals surface area contributed by atoms with Crippen molar-refractivity contribution in [3.8, 4) is 0 Å². The van der Waals surface area contributed by atoms with Gasteiger partial charge in [-0.2, -0.15) is 0 Å². The molecule has 0 saturated carbocycles. The molecule has 0 atom stereocenters. The molecule has 0 aliphatic rings. The van der Waals surface area contributed by atoms with Crippen molar-refractivity contribution in [1.29, 1.82) is 0 Å². The van der Waals surface area contributed by atoms with E-state index in [1.54, 1.807) is 0 Å². The Labute approximate surface area is 154 Å². The lowest BCUT2D eigenvalue weighted by molar-refractivity contribution is -0.116. The second kappa shape index (κ2) is 10.2. The molecule has 0 spiro atoms. The number of carbonyl (C=O) groups excluding carboxylic acids is 2. The molecule has 146 valence electrons. The zero-order valence-corrected chi connectivity index (χ0v) is 14.7. The first-order valence-electron chi connectivity index (χ1n) is 8.28. The lowest BCUT2D eigenvalue weighted by atomic mass is 10.3. The van der Waals surface area contributed by atoms with E-state index in [0.29, 0.717) is 25.7 Å². The topological polar surface area (TPSA) is 96.7 Å². The molecule has 2 aromatic rings. The Morgan fingerprint density at radius 3 is 2.74 bits per heavy atom. The van der Waals surface area contributed by atoms with Crippen molar-refractivity contribution in [1.82, 2.24) is 10.1 Å². The first-order valence-corrected chi connectivity index (χ1v) is 8.28. The molecule has 8 nitrogen and oxygen atoms in total. The first kappa shape index (κ1) is 20.3. The summed E-state index contributed by atoms with van der Waals surface area (Å²) in [5.41, 5.74) is -0.187. The Morgan fingerprint density at radius 1 is 1.26 bits per heavy atom. The Balaban J connectivity index is 2.00. The van der Waals surface area contributed by atoms with Gasteiger partial charge in [0.2, 0.25) is 5.91 Å². The molecule has 3 amide bonds. The molecule has 1 aromatic carbocycles. The number of halogens is 2. The smallest absolute Gasteiger partial charge is 0.322 e. The Bertz CT molecular complexity index is 755. The van der Waals surface area contributed by atoms with Crippen LogP contribution in [0.25, 0.3) is 0 Å². The van der Waals surface area contributed by atoms with Gasteiger partial charge in [0.05, 0.1) is 5.69 Å². The molecule has 0 radical (unpaired) electrons. The summed E-state index contributed by atoms with van der Waals surface area (Å²) in [5, 5.41) is 8.36. The Kier molecular flexibility index (Phi) is 7.68. The van der Waals surface area contributed by atoms with Gasteiger partial charge >= 0.3 is 6.03 Å². The minimum Gasteiger partial charge on any atom is -0.382 e. The maximum atomic E-state index is 13.7. The highest BCUT2D eigenvalue weighted by molar-refractivity contribution is 5.96. The number of rotatable bonds is 9. The number of ether oxygens (including phenoxy) is 1. The number of urea groups is 1. The van der Waals surface area contributed by atoms with Gasteiger partial charge in [0.25, 0.3) is 0 Å². The third-order valence-corrected chi connectivity index (χ3v) is 3.42. The van der Waals surface area contributed by atoms with Crippen LogP contribution in [0.5, 0.6) is 0 Å². The summed E-state index contributed by atoms with van der Waals surface area (Å²) < 4.78 is 36.6. The van der Waals surface area contributed by atoms with Crippen LogP contribution in [0.3, 0.4) is 0 Å². The summed E-state index contributed by atoms with van der Waals surface area (Å²) >= 11 is 0. The third-order valence-electron chi connectivity index (χ3n) is 3.42. The van der Waals surface area contributed by atoms with Crippen LogP contribution in [-0.2, 0) is 9.53 Å². The Morgan fingerprint density at radius 2 is 2.07 bits per heavy atom. The lowest BCUT2D eigenvalue weighted by Crippen LogP contribution is -2.41. The number of hydrogen-bond donors (Lipinski definition) is 2. The second-order valence-electron chi connectivity index (χ2n) is 5.46. The molecular formula is C17H20F2N4O4. The average molecular weight is 382 g/mol. The van der Waals surface area contributed by atoms with Crippen LogP contribution < -0.4 is 10.6 Å². The summed E-state index contributed by atoms with van der Waals surface area (Å²) in [6, 6.07) is 3.54. The van der Waals surface area contributed by atoms with E-state index in [4.69, 9.17) is 4.74 Å². The molecule has 0 unspecified atom stereocenters. The molecule has 2 N–H and O–H groups in total. The molecule has 1 aromatic heterocycles. The van der Waals surface area contributed by atoms with E-state index in [0.717, 1.165) is 12.1 Å². The van der Waals surface area contributed by atoms with E-state index in [2.05, 4.69) is 20.3 Å². The van der Waals surface area contributed by atoms with Crippen LogP contribution in [0.2, 0.25) is 0 Å². The quantitative estimate of drug-likeness (QED) is 0.650. The van der Waals surface area contributed by atoms with Crippen molar-refractivity contribution < 1.29 is 27.6 Å². The van der Waals surface area contributed by atoms with Crippen LogP contribution >= 0.6 is 0 Å². The van der Waals surface area contributed by atoms with Crippen LogP contribution in [-0.4, -0.2) is 48.3 Å². The average Bonchev–Trinajstić information content (AvgIpc) is 3.12. The number of aromatic nitrogens is 1. The number of amides is 3. The molecule has 0 saturated heterocycles. The van der Waals surface area contributed by atoms with Crippen LogP contribution in [0, 0.1) is 11.6 Å². The zero-order valence-electron chi connectivity index (χ0n) is 14.7. The minimum absolute atomic E-state index is 0.187. The first-order chi connectivity index (χ1) is 13.0. The summed E-state index contributed by atoms with van der Waals surface area (Å²) in [6.07, 6.45) is 1.77. The molecule has 0 aliphatic carbocycles. The molecule has 27 heavy (non-hydrogen) atoms. The van der Waals surface area contributed by atoms with E-state index in [9.17, 15) is 18.4 Å². The summed E-state index contributed by atoms with van der Waals surface area (Å²) in [7, 11) is 0. The monoisotopic (exact) mass is 382 g/mol. The van der Waals surface area contributed by atoms with Crippen molar-refractivity contribution >= 4 is 23.4 Å². The van der Waals surface area contributed by atoms with Gasteiger partial charge in [0.1, 0.15) is 24.4 Å². The van der Waals surface area contributed by atoms with Gasteiger partial charge in [-0.3, -0.25) is 4.79 Å². The van der Waals surface area contributed by atoms with E-state index in [1.165, 1.54) is 17.2 Å². The lowest BCUT2D eigenvalue weighted by Gasteiger charge is -2.22. The van der Waals surface area contributed by atoms with Crippen molar-refractivity contribution in [2.75, 3.05) is 36.9 Å². The maximum absolute atomic E-state index is 13.7. The van der Waals surface area contributed by atoms with Gasteiger partial charge < -0.3 is 24.8 Å². The highest BCUT2D eigenvalue weighted by atomic mass is 19.1. The van der Waals surface area contributed by atoms with Crippen LogP contribution in [0.4, 0.5) is 25.1 Å². The molecule has 0 aliphatic heterocycles. The predicted octanol–water partition coefficient (Wildman–Crippen LogP) is 2.85. The number of nitrogens with zero attached hydrogens (tertiary/aromatic N) is 2. The zero-order chi connectivity index (χ0) is 19.6. The molecule has 0 fully saturated rings. The minimum atomic E-state index is -0.912. The highest BCUT2D eigenvalue weighted by Crippen LogP contribution is 2.15. The summed E-state index contributed by atoms with van der Waals surface area (Å²) in [4.78, 5) is 25.8. The van der Waals surface area contributed by atoms with Gasteiger partial charge in [-0.05, 0) is 25.5 Å². The normalized spacial score (nSPS) is 10.5. The van der Waals surface area contributed by atoms with Crippen LogP contribution in [0.15, 0.2) is 35.1 Å². The molecular weight excluding hydrogens is 362 g/mol. The van der Waals surface area contributed by atoms with Gasteiger partial charge in [0.15, 0.2) is 5.82 Å². The van der Waals surface area contributed by atoms with Crippen molar-refractivity contribution in [3.63, 3.8) is 0 Å². The molecule has 10 heteroatoms. The van der Waals surface area contributed by atoms with Crippen molar-refractivity contribution in [2.45, 2.75) is 13.3 Å². The summed E-state index contributed by atoms with van der Waals surface area (Å²) in [5.74, 6) is -1.97. The van der Waals surface area contributed by atoms with Gasteiger partial charge in [-0.15, -0.1) is 0 Å². The van der Waals surface area contributed by atoms with Gasteiger partial charge in [-0.1, -0.05) is 5.16 Å². The van der Waals surface area contributed by atoms with E-state index in [1.807, 2.05) is 6.92 Å². The van der Waals surface area contributed by atoms with E-state index >= 15 is 0 Å². The number of hydrogen-bond acceptors (Lipinski definition) is 5. The second-order valence-corrected chi connectivity index (χ2v) is 5.46. The van der Waals surface area contributed by atoms with Gasteiger partial charge in [-0.25, -0.2) is 13.6 Å². The van der Waals surface area contributed by atoms with E-state index < -0.39 is 23.6 Å². The fraction of sp³-hybridized carbons (Fsp3) is 0.353. The van der Waals surface area contributed by atoms with E-state index in [-0.39, 0.29) is 24.6 Å². The van der Waals surface area contributed by atoms with Gasteiger partial charge in [0, 0.05) is 31.9 Å². The number of carbonyl (C=O) groups is 2. The predicted molar refractivity (Wildman–Crippen MR) is 93.2 cm³/mol. The standard InChI is InChI=1S/C17H20F2N4O4/c1-2-26-8-3-7-23(11-16(24)21-15-6-9-27-22-15)17(25)20-14-5-4-12(18)10-13(14)19/h4-6,9-10H,2-3,7-8,11H2,1H3,(H,20,25)(H,21,22,24). The van der Waals surface area contributed by atoms with Crippen LogP contribution in [0.1, 0.15) is 13.3 Å². The maximum Gasteiger partial charge on any atom is 0.322 e. The molecule has 2 rings (SSSR count). The number of benzene rings is 1. The molecule has 1 heterocycles. The highest BCUT2D eigenvalue weighted by Gasteiger charge is 2.19. The number of nitrogens with one attached hydrogen (secondary N) is 2. The third kappa shape index (κ3) is 6.66.